The molecule has 0 atom stereocenters. The van der Waals surface area contributed by atoms with Gasteiger partial charge in [0.15, 0.2) is 0 Å². The lowest BCUT2D eigenvalue weighted by molar-refractivity contribution is -0.228. The summed E-state index contributed by atoms with van der Waals surface area (Å²) in [4.78, 5) is 0. The molecule has 0 aromatic carbocycles. The van der Waals surface area contributed by atoms with Crippen LogP contribution in [0, 0.1) is 0 Å². The molecule has 0 aliphatic heterocycles. The molecule has 0 saturated heterocycles. The van der Waals surface area contributed by atoms with Crippen molar-refractivity contribution in [3.63, 3.8) is 0 Å². The molecular formula is C6H8F6O3. The highest BCUT2D eigenvalue weighted by Gasteiger charge is 2.28. The normalized spacial score (nSPS) is 13.2. The van der Waals surface area contributed by atoms with Crippen molar-refractivity contribution in [2.24, 2.45) is 0 Å². The lowest BCUT2D eigenvalue weighted by atomic mass is 10.7. The first-order valence-corrected chi connectivity index (χ1v) is 3.57. The van der Waals surface area contributed by atoms with Gasteiger partial charge in [-0.05, 0) is 0 Å². The Morgan fingerprint density at radius 3 is 1.20 bits per heavy atom. The molecule has 0 rings (SSSR count). The molecule has 15 heavy (non-hydrogen) atoms. The third kappa shape index (κ3) is 13.5. The first kappa shape index (κ1) is 14.5. The zero-order valence-electron chi connectivity index (χ0n) is 7.32. The Bertz CT molecular complexity index is 147. The highest BCUT2D eigenvalue weighted by Crippen LogP contribution is 2.15. The predicted molar refractivity (Wildman–Crippen MR) is 34.8 cm³/mol. The Morgan fingerprint density at radius 1 is 0.600 bits per heavy atom. The van der Waals surface area contributed by atoms with Gasteiger partial charge in [0.1, 0.15) is 26.8 Å². The van der Waals surface area contributed by atoms with Crippen LogP contribution in [-0.4, -0.2) is 39.2 Å². The summed E-state index contributed by atoms with van der Waals surface area (Å²) in [6.45, 7) is -4.60. The van der Waals surface area contributed by atoms with E-state index in [0.717, 1.165) is 0 Å². The summed E-state index contributed by atoms with van der Waals surface area (Å²) >= 11 is 0. The zero-order chi connectivity index (χ0) is 11.9. The van der Waals surface area contributed by atoms with E-state index in [-0.39, 0.29) is 0 Å². The Labute approximate surface area is 80.9 Å². The van der Waals surface area contributed by atoms with Gasteiger partial charge in [-0.2, -0.15) is 26.3 Å². The van der Waals surface area contributed by atoms with Crippen molar-refractivity contribution in [2.45, 2.75) is 12.4 Å². The maximum absolute atomic E-state index is 11.4. The summed E-state index contributed by atoms with van der Waals surface area (Å²) in [5.74, 6) is 0. The Morgan fingerprint density at radius 2 is 0.933 bits per heavy atom. The van der Waals surface area contributed by atoms with Crippen LogP contribution >= 0.6 is 0 Å². The lowest BCUT2D eigenvalue weighted by Gasteiger charge is -2.09. The molecule has 0 unspecified atom stereocenters. The molecule has 0 amide bonds. The summed E-state index contributed by atoms with van der Waals surface area (Å²) in [6.07, 6.45) is -8.98. The van der Waals surface area contributed by atoms with E-state index >= 15 is 0 Å². The fraction of sp³-hybridized carbons (Fsp3) is 1.00. The van der Waals surface area contributed by atoms with E-state index in [9.17, 15) is 26.3 Å². The molecule has 0 radical (unpaired) electrons. The topological polar surface area (TPSA) is 27.7 Å². The molecule has 0 N–H and O–H groups in total. The highest BCUT2D eigenvalue weighted by molar-refractivity contribution is 4.44. The van der Waals surface area contributed by atoms with Gasteiger partial charge in [0.05, 0.1) is 0 Å². The molecule has 3 nitrogen and oxygen atoms in total. The molecule has 0 aromatic rings. The average molecular weight is 242 g/mol. The Hall–Kier alpha value is -0.540. The van der Waals surface area contributed by atoms with Crippen molar-refractivity contribution in [1.82, 2.24) is 0 Å². The highest BCUT2D eigenvalue weighted by atomic mass is 19.4. The predicted octanol–water partition coefficient (Wildman–Crippen LogP) is 2.08. The van der Waals surface area contributed by atoms with Crippen molar-refractivity contribution in [3.05, 3.63) is 0 Å². The SMILES string of the molecule is FC(F)(F)COCOCOCC(F)(F)F. The molecule has 92 valence electrons. The molecular weight excluding hydrogens is 234 g/mol. The Kier molecular flexibility index (Phi) is 5.91. The standard InChI is InChI=1S/C6H8F6O3/c7-5(8,9)1-13-3-15-4-14-2-6(10,11)12/h1-4H2. The van der Waals surface area contributed by atoms with Gasteiger partial charge in [-0.15, -0.1) is 0 Å². The maximum atomic E-state index is 11.4. The third-order valence-corrected chi connectivity index (χ3v) is 0.865. The molecule has 0 aliphatic rings. The van der Waals surface area contributed by atoms with Crippen LogP contribution in [0.1, 0.15) is 0 Å². The summed E-state index contributed by atoms with van der Waals surface area (Å²) in [5.41, 5.74) is 0. The van der Waals surface area contributed by atoms with Crippen molar-refractivity contribution < 1.29 is 40.6 Å². The van der Waals surface area contributed by atoms with Crippen LogP contribution in [0.4, 0.5) is 26.3 Å². The van der Waals surface area contributed by atoms with Gasteiger partial charge in [0.2, 0.25) is 0 Å². The van der Waals surface area contributed by atoms with Gasteiger partial charge in [-0.3, -0.25) is 0 Å². The van der Waals surface area contributed by atoms with Crippen LogP contribution in [0.15, 0.2) is 0 Å². The number of alkyl halides is 6. The van der Waals surface area contributed by atoms with Crippen LogP contribution in [0.3, 0.4) is 0 Å². The number of ether oxygens (including phenoxy) is 3. The van der Waals surface area contributed by atoms with Crippen molar-refractivity contribution in [3.8, 4) is 0 Å². The minimum absolute atomic E-state index is 0.780. The maximum Gasteiger partial charge on any atom is 0.411 e. The minimum Gasteiger partial charge on any atom is -0.346 e. The summed E-state index contributed by atoms with van der Waals surface area (Å²) in [5, 5.41) is 0. The van der Waals surface area contributed by atoms with E-state index in [2.05, 4.69) is 14.2 Å². The number of rotatable bonds is 6. The van der Waals surface area contributed by atoms with E-state index in [4.69, 9.17) is 0 Å². The molecule has 0 spiro atoms. The summed E-state index contributed by atoms with van der Waals surface area (Å²) in [6, 6.07) is 0. The van der Waals surface area contributed by atoms with E-state index in [1.165, 1.54) is 0 Å². The summed E-state index contributed by atoms with van der Waals surface area (Å²) in [7, 11) is 0. The van der Waals surface area contributed by atoms with Crippen molar-refractivity contribution in [2.75, 3.05) is 26.8 Å². The van der Waals surface area contributed by atoms with Gasteiger partial charge < -0.3 is 14.2 Å². The van der Waals surface area contributed by atoms with E-state index in [0.29, 0.717) is 0 Å². The van der Waals surface area contributed by atoms with E-state index < -0.39 is 39.2 Å². The molecule has 0 fully saturated rings. The molecule has 9 heteroatoms. The van der Waals surface area contributed by atoms with Gasteiger partial charge in [0.25, 0.3) is 0 Å². The smallest absolute Gasteiger partial charge is 0.346 e. The monoisotopic (exact) mass is 242 g/mol. The van der Waals surface area contributed by atoms with Crippen LogP contribution in [0.25, 0.3) is 0 Å². The first-order valence-electron chi connectivity index (χ1n) is 3.57. The van der Waals surface area contributed by atoms with Crippen molar-refractivity contribution in [1.29, 1.82) is 0 Å². The molecule has 0 aliphatic carbocycles. The van der Waals surface area contributed by atoms with E-state index in [1.807, 2.05) is 0 Å². The van der Waals surface area contributed by atoms with Gasteiger partial charge in [-0.25, -0.2) is 0 Å². The molecule has 0 aromatic heterocycles. The van der Waals surface area contributed by atoms with Crippen LogP contribution in [-0.2, 0) is 14.2 Å². The molecule has 0 bridgehead atoms. The molecule has 0 saturated carbocycles. The van der Waals surface area contributed by atoms with Crippen LogP contribution < -0.4 is 0 Å². The Balaban J connectivity index is 3.20. The first-order chi connectivity index (χ1) is 6.71. The quantitative estimate of drug-likeness (QED) is 0.405. The van der Waals surface area contributed by atoms with E-state index in [1.54, 1.807) is 0 Å². The van der Waals surface area contributed by atoms with Crippen molar-refractivity contribution >= 4 is 0 Å². The average Bonchev–Trinajstić information content (AvgIpc) is 1.98. The second-order valence-corrected chi connectivity index (χ2v) is 2.37. The number of hydrogen-bond acceptors (Lipinski definition) is 3. The minimum atomic E-state index is -4.49. The summed E-state index contributed by atoms with van der Waals surface area (Å²) < 4.78 is 80.6. The zero-order valence-corrected chi connectivity index (χ0v) is 7.32. The van der Waals surface area contributed by atoms with Gasteiger partial charge >= 0.3 is 12.4 Å². The second-order valence-electron chi connectivity index (χ2n) is 2.37. The van der Waals surface area contributed by atoms with Crippen LogP contribution in [0.2, 0.25) is 0 Å². The van der Waals surface area contributed by atoms with Gasteiger partial charge in [0, 0.05) is 0 Å². The third-order valence-electron chi connectivity index (χ3n) is 0.865. The van der Waals surface area contributed by atoms with Gasteiger partial charge in [-0.1, -0.05) is 0 Å². The largest absolute Gasteiger partial charge is 0.411 e. The van der Waals surface area contributed by atoms with Crippen LogP contribution in [0.5, 0.6) is 0 Å². The lowest BCUT2D eigenvalue weighted by Crippen LogP contribution is -2.20. The molecule has 0 heterocycles. The number of halogens is 6. The fourth-order valence-corrected chi connectivity index (χ4v) is 0.467. The second kappa shape index (κ2) is 6.13. The fourth-order valence-electron chi connectivity index (χ4n) is 0.467. The number of hydrogen-bond donors (Lipinski definition) is 0.